The van der Waals surface area contributed by atoms with E-state index in [0.717, 1.165) is 12.8 Å². The summed E-state index contributed by atoms with van der Waals surface area (Å²) in [5.74, 6) is -0.199. The molecule has 0 unspecified atom stereocenters. The van der Waals surface area contributed by atoms with Gasteiger partial charge in [-0.3, -0.25) is 9.59 Å². The first kappa shape index (κ1) is 15.4. The zero-order valence-electron chi connectivity index (χ0n) is 12.2. The van der Waals surface area contributed by atoms with Gasteiger partial charge in [0.05, 0.1) is 0 Å². The van der Waals surface area contributed by atoms with Gasteiger partial charge in [-0.1, -0.05) is 25.5 Å². The first-order valence-electron chi connectivity index (χ1n) is 7.32. The molecule has 21 heavy (non-hydrogen) atoms. The number of carbonyl (C=O) groups excluding carboxylic acids is 1. The molecule has 1 heterocycles. The third-order valence-corrected chi connectivity index (χ3v) is 3.55. The van der Waals surface area contributed by atoms with Gasteiger partial charge in [0.1, 0.15) is 5.69 Å². The second-order valence-corrected chi connectivity index (χ2v) is 5.28. The molecule has 114 valence electrons. The van der Waals surface area contributed by atoms with Crippen LogP contribution in [0.1, 0.15) is 36.7 Å². The summed E-state index contributed by atoms with van der Waals surface area (Å²) in [6.07, 6.45) is 6.28. The van der Waals surface area contributed by atoms with Gasteiger partial charge in [0.25, 0.3) is 11.5 Å². The minimum Gasteiger partial charge on any atom is -0.396 e. The van der Waals surface area contributed by atoms with E-state index in [1.807, 2.05) is 19.1 Å². The average Bonchev–Trinajstić information content (AvgIpc) is 2.94. The summed E-state index contributed by atoms with van der Waals surface area (Å²) in [4.78, 5) is 23.8. The maximum Gasteiger partial charge on any atom is 0.272 e. The van der Waals surface area contributed by atoms with Gasteiger partial charge in [0, 0.05) is 31.2 Å². The van der Waals surface area contributed by atoms with Crippen molar-refractivity contribution in [1.82, 2.24) is 15.1 Å². The third-order valence-electron chi connectivity index (χ3n) is 3.55. The number of hydrogen-bond acceptors (Lipinski definition) is 4. The van der Waals surface area contributed by atoms with Crippen LogP contribution < -0.4 is 10.9 Å². The maximum atomic E-state index is 12.1. The molecule has 0 saturated heterocycles. The van der Waals surface area contributed by atoms with Crippen LogP contribution in [-0.4, -0.2) is 33.4 Å². The van der Waals surface area contributed by atoms with Crippen LogP contribution in [0.15, 0.2) is 29.1 Å². The monoisotopic (exact) mass is 291 g/mol. The fourth-order valence-corrected chi connectivity index (χ4v) is 2.30. The van der Waals surface area contributed by atoms with E-state index in [1.54, 1.807) is 0 Å². The Morgan fingerprint density at radius 2 is 2.29 bits per heavy atom. The largest absolute Gasteiger partial charge is 0.396 e. The van der Waals surface area contributed by atoms with Crippen LogP contribution in [-0.2, 0) is 6.54 Å². The van der Waals surface area contributed by atoms with Gasteiger partial charge in [-0.2, -0.15) is 5.10 Å². The Bertz CT molecular complexity index is 580. The predicted octanol–water partition coefficient (Wildman–Crippen LogP) is 0.710. The summed E-state index contributed by atoms with van der Waals surface area (Å²) in [5.41, 5.74) is 0.0488. The number of amides is 1. The quantitative estimate of drug-likeness (QED) is 0.756. The Labute approximate surface area is 123 Å². The Kier molecular flexibility index (Phi) is 5.27. The maximum absolute atomic E-state index is 12.1. The fraction of sp³-hybridized carbons (Fsp3) is 0.533. The number of unbranched alkanes of at least 4 members (excludes halogenated alkanes) is 1. The molecule has 1 aromatic rings. The Hall–Kier alpha value is -1.95. The molecule has 0 fully saturated rings. The normalized spacial score (nSPS) is 20.7. The van der Waals surface area contributed by atoms with E-state index < -0.39 is 0 Å². The summed E-state index contributed by atoms with van der Waals surface area (Å²) >= 11 is 0. The molecule has 6 heteroatoms. The van der Waals surface area contributed by atoms with Gasteiger partial charge < -0.3 is 10.4 Å². The smallest absolute Gasteiger partial charge is 0.272 e. The van der Waals surface area contributed by atoms with Gasteiger partial charge in [-0.15, -0.1) is 0 Å². The minimum absolute atomic E-state index is 0.0863. The molecule has 0 aliphatic heterocycles. The van der Waals surface area contributed by atoms with Crippen LogP contribution in [0.25, 0.3) is 0 Å². The second kappa shape index (κ2) is 7.17. The highest BCUT2D eigenvalue weighted by molar-refractivity contribution is 5.92. The number of aliphatic hydroxyl groups excluding tert-OH is 1. The van der Waals surface area contributed by atoms with E-state index in [2.05, 4.69) is 10.4 Å². The summed E-state index contributed by atoms with van der Waals surface area (Å²) in [7, 11) is 0. The Balaban J connectivity index is 2.02. The van der Waals surface area contributed by atoms with Crippen molar-refractivity contribution in [2.75, 3.05) is 6.61 Å². The lowest BCUT2D eigenvalue weighted by molar-refractivity contribution is 0.0933. The van der Waals surface area contributed by atoms with Crippen molar-refractivity contribution in [3.05, 3.63) is 40.3 Å². The Morgan fingerprint density at radius 1 is 1.48 bits per heavy atom. The molecule has 0 spiro atoms. The first-order valence-corrected chi connectivity index (χ1v) is 7.32. The van der Waals surface area contributed by atoms with E-state index in [0.29, 0.717) is 13.0 Å². The van der Waals surface area contributed by atoms with Crippen LogP contribution in [0.2, 0.25) is 0 Å². The molecule has 0 saturated carbocycles. The molecule has 1 aliphatic carbocycles. The standard InChI is InChI=1S/C15H21N3O3/c1-2-3-8-18-14(20)7-6-13(17-18)15(21)16-12-5-4-11(9-12)10-19/h4-7,11-12,19H,2-3,8-10H2,1H3,(H,16,21)/t11-,12+/m0/s1. The van der Waals surface area contributed by atoms with E-state index in [-0.39, 0.29) is 35.7 Å². The number of aromatic nitrogens is 2. The van der Waals surface area contributed by atoms with Crippen molar-refractivity contribution in [1.29, 1.82) is 0 Å². The van der Waals surface area contributed by atoms with Crippen molar-refractivity contribution in [3.8, 4) is 0 Å². The van der Waals surface area contributed by atoms with Crippen LogP contribution in [0.3, 0.4) is 0 Å². The van der Waals surface area contributed by atoms with Crippen LogP contribution in [0.5, 0.6) is 0 Å². The Morgan fingerprint density at radius 3 is 2.95 bits per heavy atom. The van der Waals surface area contributed by atoms with Crippen LogP contribution in [0, 0.1) is 5.92 Å². The molecule has 0 aromatic carbocycles. The number of nitrogens with one attached hydrogen (secondary N) is 1. The number of nitrogens with zero attached hydrogens (tertiary/aromatic N) is 2. The highest BCUT2D eigenvalue weighted by Crippen LogP contribution is 2.17. The molecule has 2 rings (SSSR count). The van der Waals surface area contributed by atoms with E-state index in [1.165, 1.54) is 16.8 Å². The van der Waals surface area contributed by atoms with Crippen molar-refractivity contribution in [2.45, 2.75) is 38.8 Å². The van der Waals surface area contributed by atoms with Gasteiger partial charge in [0.15, 0.2) is 0 Å². The number of aliphatic hydroxyl groups is 1. The van der Waals surface area contributed by atoms with Crippen molar-refractivity contribution < 1.29 is 9.90 Å². The molecule has 2 atom stereocenters. The number of carbonyl (C=O) groups is 1. The summed E-state index contributed by atoms with van der Waals surface area (Å²) in [6.45, 7) is 2.64. The van der Waals surface area contributed by atoms with Gasteiger partial charge in [-0.05, 0) is 18.9 Å². The zero-order valence-corrected chi connectivity index (χ0v) is 12.2. The molecule has 1 aliphatic rings. The topological polar surface area (TPSA) is 84.2 Å². The zero-order chi connectivity index (χ0) is 15.2. The lowest BCUT2D eigenvalue weighted by atomic mass is 10.1. The number of aryl methyl sites for hydroxylation is 1. The molecule has 0 radical (unpaired) electrons. The fourth-order valence-electron chi connectivity index (χ4n) is 2.30. The first-order chi connectivity index (χ1) is 10.1. The van der Waals surface area contributed by atoms with Gasteiger partial charge >= 0.3 is 0 Å². The SMILES string of the molecule is CCCCn1nc(C(=O)N[C@@H]2C=C[C@H](CO)C2)ccc1=O. The molecule has 6 nitrogen and oxygen atoms in total. The van der Waals surface area contributed by atoms with Crippen LogP contribution >= 0.6 is 0 Å². The van der Waals surface area contributed by atoms with Gasteiger partial charge in [-0.25, -0.2) is 4.68 Å². The van der Waals surface area contributed by atoms with Gasteiger partial charge in [0.2, 0.25) is 0 Å². The number of hydrogen-bond donors (Lipinski definition) is 2. The number of rotatable bonds is 6. The molecule has 1 amide bonds. The van der Waals surface area contributed by atoms with E-state index in [4.69, 9.17) is 5.11 Å². The highest BCUT2D eigenvalue weighted by atomic mass is 16.3. The van der Waals surface area contributed by atoms with Crippen LogP contribution in [0.4, 0.5) is 0 Å². The molecule has 0 bridgehead atoms. The molecule has 1 aromatic heterocycles. The molecule has 2 N–H and O–H groups in total. The lowest BCUT2D eigenvalue weighted by Gasteiger charge is -2.13. The molecular weight excluding hydrogens is 270 g/mol. The summed E-state index contributed by atoms with van der Waals surface area (Å²) in [5, 5.41) is 16.0. The third kappa shape index (κ3) is 4.01. The predicted molar refractivity (Wildman–Crippen MR) is 79.0 cm³/mol. The van der Waals surface area contributed by atoms with Crippen molar-refractivity contribution in [3.63, 3.8) is 0 Å². The average molecular weight is 291 g/mol. The van der Waals surface area contributed by atoms with E-state index in [9.17, 15) is 9.59 Å². The summed E-state index contributed by atoms with van der Waals surface area (Å²) < 4.78 is 1.33. The van der Waals surface area contributed by atoms with Crippen molar-refractivity contribution >= 4 is 5.91 Å². The van der Waals surface area contributed by atoms with E-state index >= 15 is 0 Å². The minimum atomic E-state index is -0.298. The lowest BCUT2D eigenvalue weighted by Crippen LogP contribution is -2.35. The highest BCUT2D eigenvalue weighted by Gasteiger charge is 2.21. The molecular formula is C15H21N3O3. The van der Waals surface area contributed by atoms with Crippen molar-refractivity contribution in [2.24, 2.45) is 5.92 Å². The second-order valence-electron chi connectivity index (χ2n) is 5.28. The summed E-state index contributed by atoms with van der Waals surface area (Å²) in [6, 6.07) is 2.73.